The van der Waals surface area contributed by atoms with Gasteiger partial charge in [0.2, 0.25) is 5.91 Å². The highest BCUT2D eigenvalue weighted by Gasteiger charge is 2.20. The van der Waals surface area contributed by atoms with Gasteiger partial charge in [-0.3, -0.25) is 9.59 Å². The van der Waals surface area contributed by atoms with Gasteiger partial charge in [-0.15, -0.1) is 0 Å². The van der Waals surface area contributed by atoms with Crippen molar-refractivity contribution in [2.24, 2.45) is 5.92 Å². The lowest BCUT2D eigenvalue weighted by molar-refractivity contribution is -0.122. The van der Waals surface area contributed by atoms with Gasteiger partial charge in [0.1, 0.15) is 0 Å². The summed E-state index contributed by atoms with van der Waals surface area (Å²) in [5.74, 6) is -0.291. The Balaban J connectivity index is 2.10. The number of carbonyl (C=O) groups is 2. The molecule has 1 heterocycles. The van der Waals surface area contributed by atoms with Gasteiger partial charge in [-0.1, -0.05) is 38.8 Å². The van der Waals surface area contributed by atoms with Gasteiger partial charge in [-0.05, 0) is 37.2 Å². The Labute approximate surface area is 148 Å². The zero-order valence-electron chi connectivity index (χ0n) is 14.3. The van der Waals surface area contributed by atoms with Crippen LogP contribution >= 0.6 is 12.2 Å². The van der Waals surface area contributed by atoms with E-state index in [9.17, 15) is 9.59 Å². The number of thiocarbonyl (C=S) groups is 1. The molecule has 0 saturated carbocycles. The largest absolute Gasteiger partial charge is 0.339 e. The van der Waals surface area contributed by atoms with Crippen molar-refractivity contribution in [3.63, 3.8) is 0 Å². The first kappa shape index (κ1) is 18.4. The van der Waals surface area contributed by atoms with Crippen LogP contribution in [0.1, 0.15) is 49.9 Å². The molecule has 0 aliphatic carbocycles. The Bertz CT molecular complexity index is 608. The van der Waals surface area contributed by atoms with Crippen molar-refractivity contribution >= 4 is 34.8 Å². The van der Waals surface area contributed by atoms with Crippen LogP contribution in [0.4, 0.5) is 5.69 Å². The number of hydrogen-bond donors (Lipinski definition) is 2. The SMILES string of the molecule is CC(C)C(=O)NC(=S)Nc1ccccc1C(=O)N1CCCCCC1. The molecule has 0 atom stereocenters. The molecule has 0 unspecified atom stereocenters. The first-order valence-corrected chi connectivity index (χ1v) is 8.90. The Kier molecular flexibility index (Phi) is 6.73. The third kappa shape index (κ3) is 5.03. The molecule has 130 valence electrons. The summed E-state index contributed by atoms with van der Waals surface area (Å²) in [6.45, 7) is 5.19. The Morgan fingerprint density at radius 2 is 1.71 bits per heavy atom. The van der Waals surface area contributed by atoms with Crippen molar-refractivity contribution in [1.29, 1.82) is 0 Å². The summed E-state index contributed by atoms with van der Waals surface area (Å²) < 4.78 is 0. The lowest BCUT2D eigenvalue weighted by Crippen LogP contribution is -2.37. The van der Waals surface area contributed by atoms with E-state index < -0.39 is 0 Å². The molecule has 6 heteroatoms. The quantitative estimate of drug-likeness (QED) is 0.825. The smallest absolute Gasteiger partial charge is 0.255 e. The number of likely N-dealkylation sites (tertiary alicyclic amines) is 1. The molecule has 0 spiro atoms. The second-order valence-corrected chi connectivity index (χ2v) is 6.76. The van der Waals surface area contributed by atoms with Crippen LogP contribution in [-0.4, -0.2) is 34.9 Å². The molecular formula is C18H25N3O2S. The molecule has 0 bridgehead atoms. The fourth-order valence-corrected chi connectivity index (χ4v) is 2.84. The minimum Gasteiger partial charge on any atom is -0.339 e. The molecule has 1 aromatic carbocycles. The predicted octanol–water partition coefficient (Wildman–Crippen LogP) is 3.17. The number of anilines is 1. The zero-order chi connectivity index (χ0) is 17.5. The third-order valence-electron chi connectivity index (χ3n) is 4.06. The third-order valence-corrected chi connectivity index (χ3v) is 4.26. The topological polar surface area (TPSA) is 61.4 Å². The minimum atomic E-state index is -0.154. The minimum absolute atomic E-state index is 0.0120. The highest BCUT2D eigenvalue weighted by Crippen LogP contribution is 2.20. The number of hydrogen-bond acceptors (Lipinski definition) is 3. The van der Waals surface area contributed by atoms with Gasteiger partial charge >= 0.3 is 0 Å². The Morgan fingerprint density at radius 1 is 1.08 bits per heavy atom. The van der Waals surface area contributed by atoms with E-state index in [-0.39, 0.29) is 22.8 Å². The van der Waals surface area contributed by atoms with E-state index in [1.54, 1.807) is 26.0 Å². The summed E-state index contributed by atoms with van der Waals surface area (Å²) in [6, 6.07) is 7.28. The van der Waals surface area contributed by atoms with E-state index in [0.29, 0.717) is 11.3 Å². The van der Waals surface area contributed by atoms with Crippen LogP contribution in [0.3, 0.4) is 0 Å². The molecule has 1 aliphatic rings. The van der Waals surface area contributed by atoms with Crippen LogP contribution in [0.25, 0.3) is 0 Å². The number of para-hydroxylation sites is 1. The van der Waals surface area contributed by atoms with Crippen LogP contribution in [-0.2, 0) is 4.79 Å². The first-order valence-electron chi connectivity index (χ1n) is 8.49. The lowest BCUT2D eigenvalue weighted by atomic mass is 10.1. The molecule has 0 aromatic heterocycles. The second-order valence-electron chi connectivity index (χ2n) is 6.35. The van der Waals surface area contributed by atoms with Crippen molar-refractivity contribution < 1.29 is 9.59 Å². The average molecular weight is 347 g/mol. The number of carbonyl (C=O) groups excluding carboxylic acids is 2. The predicted molar refractivity (Wildman–Crippen MR) is 100 cm³/mol. The summed E-state index contributed by atoms with van der Waals surface area (Å²) in [5, 5.41) is 5.84. The Hall–Kier alpha value is -1.95. The summed E-state index contributed by atoms with van der Waals surface area (Å²) in [5.41, 5.74) is 1.21. The maximum atomic E-state index is 12.8. The van der Waals surface area contributed by atoms with E-state index in [4.69, 9.17) is 12.2 Å². The van der Waals surface area contributed by atoms with Crippen molar-refractivity contribution in [3.8, 4) is 0 Å². The van der Waals surface area contributed by atoms with Gasteiger partial charge < -0.3 is 15.5 Å². The lowest BCUT2D eigenvalue weighted by Gasteiger charge is -2.22. The van der Waals surface area contributed by atoms with E-state index in [2.05, 4.69) is 10.6 Å². The van der Waals surface area contributed by atoms with Gasteiger partial charge in [0.15, 0.2) is 5.11 Å². The monoisotopic (exact) mass is 347 g/mol. The molecule has 2 N–H and O–H groups in total. The van der Waals surface area contributed by atoms with Crippen LogP contribution in [0, 0.1) is 5.92 Å². The van der Waals surface area contributed by atoms with E-state index in [0.717, 1.165) is 25.9 Å². The summed E-state index contributed by atoms with van der Waals surface area (Å²) in [7, 11) is 0. The average Bonchev–Trinajstić information content (AvgIpc) is 2.83. The van der Waals surface area contributed by atoms with Crippen LogP contribution in [0.5, 0.6) is 0 Å². The molecule has 2 amide bonds. The summed E-state index contributed by atoms with van der Waals surface area (Å²) in [4.78, 5) is 26.5. The molecule has 1 aliphatic heterocycles. The van der Waals surface area contributed by atoms with Crippen LogP contribution < -0.4 is 10.6 Å². The standard InChI is InChI=1S/C18H25N3O2S/c1-13(2)16(22)20-18(24)19-15-10-6-5-9-14(15)17(23)21-11-7-3-4-8-12-21/h5-6,9-10,13H,3-4,7-8,11-12H2,1-2H3,(H2,19,20,22,24). The highest BCUT2D eigenvalue weighted by molar-refractivity contribution is 7.80. The highest BCUT2D eigenvalue weighted by atomic mass is 32.1. The zero-order valence-corrected chi connectivity index (χ0v) is 15.1. The maximum absolute atomic E-state index is 12.8. The van der Waals surface area contributed by atoms with Gasteiger partial charge in [0.05, 0.1) is 11.3 Å². The van der Waals surface area contributed by atoms with E-state index in [1.807, 2.05) is 17.0 Å². The number of nitrogens with zero attached hydrogens (tertiary/aromatic N) is 1. The van der Waals surface area contributed by atoms with Gasteiger partial charge in [-0.2, -0.15) is 0 Å². The second kappa shape index (κ2) is 8.78. The fourth-order valence-electron chi connectivity index (χ4n) is 2.63. The number of amides is 2. The van der Waals surface area contributed by atoms with Crippen LogP contribution in [0.15, 0.2) is 24.3 Å². The van der Waals surface area contributed by atoms with E-state index in [1.165, 1.54) is 12.8 Å². The van der Waals surface area contributed by atoms with Crippen molar-refractivity contribution in [1.82, 2.24) is 10.2 Å². The maximum Gasteiger partial charge on any atom is 0.255 e. The number of nitrogens with one attached hydrogen (secondary N) is 2. The first-order chi connectivity index (χ1) is 11.5. The molecule has 24 heavy (non-hydrogen) atoms. The van der Waals surface area contributed by atoms with Crippen LogP contribution in [0.2, 0.25) is 0 Å². The number of rotatable bonds is 3. The molecule has 2 rings (SSSR count). The molecule has 0 radical (unpaired) electrons. The van der Waals surface area contributed by atoms with Crippen molar-refractivity contribution in [2.45, 2.75) is 39.5 Å². The molecule has 1 saturated heterocycles. The summed E-state index contributed by atoms with van der Waals surface area (Å²) >= 11 is 5.19. The van der Waals surface area contributed by atoms with Crippen molar-refractivity contribution in [3.05, 3.63) is 29.8 Å². The Morgan fingerprint density at radius 3 is 2.33 bits per heavy atom. The van der Waals surface area contributed by atoms with Gasteiger partial charge in [-0.25, -0.2) is 0 Å². The van der Waals surface area contributed by atoms with Crippen molar-refractivity contribution in [2.75, 3.05) is 18.4 Å². The number of benzene rings is 1. The van der Waals surface area contributed by atoms with Gasteiger partial charge in [0.25, 0.3) is 5.91 Å². The molecule has 1 aromatic rings. The summed E-state index contributed by atoms with van der Waals surface area (Å²) in [6.07, 6.45) is 4.44. The molecule has 5 nitrogen and oxygen atoms in total. The van der Waals surface area contributed by atoms with Gasteiger partial charge in [0, 0.05) is 19.0 Å². The normalized spacial score (nSPS) is 14.9. The fraction of sp³-hybridized carbons (Fsp3) is 0.500. The molecule has 1 fully saturated rings. The molecular weight excluding hydrogens is 322 g/mol. The van der Waals surface area contributed by atoms with E-state index >= 15 is 0 Å².